The summed E-state index contributed by atoms with van der Waals surface area (Å²) in [5.74, 6) is 1.58. The fourth-order valence-electron chi connectivity index (χ4n) is 17.2. The summed E-state index contributed by atoms with van der Waals surface area (Å²) in [7, 11) is 0. The molecule has 0 saturated carbocycles. The van der Waals surface area contributed by atoms with Gasteiger partial charge in [0.05, 0.1) is 44.1 Å². The lowest BCUT2D eigenvalue weighted by molar-refractivity contribution is 0.653. The number of hydrogen-bond acceptors (Lipinski definition) is 6. The molecule has 0 aliphatic carbocycles. The van der Waals surface area contributed by atoms with Crippen LogP contribution in [0, 0.1) is 0 Å². The van der Waals surface area contributed by atoms with E-state index in [0.29, 0.717) is 5.71 Å². The number of hydrogen-bond donors (Lipinski definition) is 0. The van der Waals surface area contributed by atoms with Crippen molar-refractivity contribution in [1.82, 2.24) is 38.2 Å². The Hall–Kier alpha value is -14.6. The Morgan fingerprint density at radius 1 is 0.227 bits per heavy atom. The van der Waals surface area contributed by atoms with Gasteiger partial charge >= 0.3 is 0 Å². The number of para-hydroxylation sites is 6. The van der Waals surface area contributed by atoms with E-state index in [1.165, 1.54) is 80.6 Å². The molecule has 16 aromatic carbocycles. The smallest absolute Gasteiger partial charge is 0.247 e. The van der Waals surface area contributed by atoms with E-state index in [-0.39, 0.29) is 0 Å². The largest absolute Gasteiger partial charge is 0.436 e. The molecule has 0 atom stereocenters. The number of nitrogens with zero attached hydrogens (tertiary/aromatic N) is 8. The minimum atomic E-state index is 0.511. The van der Waals surface area contributed by atoms with Crippen LogP contribution in [-0.2, 0) is 0 Å². The molecule has 0 fully saturated rings. The van der Waals surface area contributed by atoms with E-state index < -0.39 is 0 Å². The van der Waals surface area contributed by atoms with Crippen molar-refractivity contribution in [2.75, 3.05) is 0 Å². The van der Waals surface area contributed by atoms with Crippen LogP contribution in [0.3, 0.4) is 0 Å². The van der Waals surface area contributed by atoms with E-state index in [9.17, 15) is 0 Å². The third kappa shape index (κ3) is 9.66. The van der Waals surface area contributed by atoms with E-state index in [1.807, 2.05) is 12.1 Å². The zero-order chi connectivity index (χ0) is 72.1. The van der Waals surface area contributed by atoms with Crippen LogP contribution in [0.4, 0.5) is 0 Å². The summed E-state index contributed by atoms with van der Waals surface area (Å²) in [6, 6.07) is 130. The second kappa shape index (κ2) is 24.5. The van der Waals surface area contributed by atoms with E-state index in [1.54, 1.807) is 11.3 Å². The molecule has 512 valence electrons. The number of rotatable bonds is 8. The summed E-state index contributed by atoms with van der Waals surface area (Å²) < 4.78 is 17.1. The molecule has 0 bridgehead atoms. The lowest BCUT2D eigenvalue weighted by atomic mass is 10.0. The molecule has 0 unspecified atom stereocenters. The number of fused-ring (bicyclic) bond motifs is 20. The highest BCUT2D eigenvalue weighted by Crippen LogP contribution is 2.46. The van der Waals surface area contributed by atoms with Gasteiger partial charge in [0.2, 0.25) is 5.71 Å². The third-order valence-corrected chi connectivity index (χ3v) is 23.3. The van der Waals surface area contributed by atoms with E-state index >= 15 is 0 Å². The van der Waals surface area contributed by atoms with Crippen molar-refractivity contribution in [2.24, 2.45) is 0 Å². The van der Waals surface area contributed by atoms with E-state index in [4.69, 9.17) is 24.4 Å². The Morgan fingerprint density at radius 3 is 1.08 bits per heavy atom. The number of benzene rings is 16. The van der Waals surface area contributed by atoms with Crippen molar-refractivity contribution in [1.29, 1.82) is 0 Å². The highest BCUT2D eigenvalue weighted by atomic mass is 32.1. The van der Waals surface area contributed by atoms with Crippen molar-refractivity contribution in [3.8, 4) is 67.8 Å². The second-order valence-electron chi connectivity index (χ2n) is 28.4. The molecular weight excluding hydrogens is 1360 g/mol. The van der Waals surface area contributed by atoms with Gasteiger partial charge < -0.3 is 13.6 Å². The molecular formula is C100H60N8OS. The molecule has 24 aromatic rings. The fourth-order valence-corrected chi connectivity index (χ4v) is 18.2. The van der Waals surface area contributed by atoms with Gasteiger partial charge in [-0.15, -0.1) is 11.3 Å². The zero-order valence-corrected chi connectivity index (χ0v) is 59.9. The van der Waals surface area contributed by atoms with Crippen LogP contribution < -0.4 is 0 Å². The van der Waals surface area contributed by atoms with Crippen LogP contribution in [0.2, 0.25) is 0 Å². The van der Waals surface area contributed by atoms with Gasteiger partial charge in [-0.3, -0.25) is 9.13 Å². The quantitative estimate of drug-likeness (QED) is 0.151. The van der Waals surface area contributed by atoms with Crippen LogP contribution >= 0.6 is 11.3 Å². The molecule has 0 amide bonds. The Morgan fingerprint density at radius 2 is 0.591 bits per heavy atom. The molecule has 24 rings (SSSR count). The van der Waals surface area contributed by atoms with Gasteiger partial charge in [0.15, 0.2) is 11.6 Å². The number of thiophene rings is 1. The van der Waals surface area contributed by atoms with Crippen LogP contribution in [0.1, 0.15) is 0 Å². The predicted octanol–water partition coefficient (Wildman–Crippen LogP) is 26.6. The lowest BCUT2D eigenvalue weighted by Gasteiger charge is -2.14. The van der Waals surface area contributed by atoms with Crippen LogP contribution in [0.15, 0.2) is 368 Å². The normalized spacial score (nSPS) is 12.0. The van der Waals surface area contributed by atoms with Gasteiger partial charge in [0, 0.05) is 81.1 Å². The standard InChI is InChI=1S/C50H30N4O.C50H30N4S/c2*1-3-13-31(14-4-1)34-24-26-46-41(28-34)48-50(55-46)52-47(35-23-25-44-39(29-35)37-19-9-11-21-42(37)53(44)36-17-5-2-6-18-36)49(51-48)54-43-22-12-10-20-38(43)40-27-32-15-7-8-16-33(32)30-45(40)54/h2*1-30H. The summed E-state index contributed by atoms with van der Waals surface area (Å²) in [4.78, 5) is 23.2. The van der Waals surface area contributed by atoms with Crippen LogP contribution in [0.25, 0.3) is 219 Å². The topological polar surface area (TPSA) is 84.4 Å². The molecule has 10 heteroatoms. The second-order valence-corrected chi connectivity index (χ2v) is 29.5. The number of aromatic nitrogens is 8. The molecule has 0 aliphatic heterocycles. The Balaban J connectivity index is 0.000000132. The van der Waals surface area contributed by atoms with Crippen molar-refractivity contribution in [3.05, 3.63) is 364 Å². The van der Waals surface area contributed by atoms with Crippen molar-refractivity contribution < 1.29 is 4.42 Å². The molecule has 8 aromatic heterocycles. The molecule has 0 saturated heterocycles. The SMILES string of the molecule is c1ccc(-c2ccc3oc4nc(-c5ccc6c(c5)c5ccccc5n6-c5ccccc5)c(-n5c6ccccc6c6cc7ccccc7cc65)nc4c3c2)cc1.c1ccc(-c2ccc3sc4nc(-c5ccc6c(c5)c5ccccc5n6-c5ccccc5)c(-n5c6ccccc6c6cc7ccccc7cc65)nc4c3c2)cc1. The molecule has 9 nitrogen and oxygen atoms in total. The van der Waals surface area contributed by atoms with Crippen LogP contribution in [-0.4, -0.2) is 38.2 Å². The first kappa shape index (κ1) is 61.7. The molecule has 110 heavy (non-hydrogen) atoms. The molecule has 0 aliphatic rings. The number of furan rings is 1. The van der Waals surface area contributed by atoms with E-state index in [0.717, 1.165) is 133 Å². The summed E-state index contributed by atoms with van der Waals surface area (Å²) in [5.41, 5.74) is 22.4. The summed E-state index contributed by atoms with van der Waals surface area (Å²) in [6.45, 7) is 0. The van der Waals surface area contributed by atoms with E-state index in [2.05, 4.69) is 370 Å². The summed E-state index contributed by atoms with van der Waals surface area (Å²) in [6.07, 6.45) is 0. The maximum Gasteiger partial charge on any atom is 0.247 e. The first-order valence-electron chi connectivity index (χ1n) is 37.2. The molecule has 0 spiro atoms. The van der Waals surface area contributed by atoms with Gasteiger partial charge in [0.25, 0.3) is 0 Å². The van der Waals surface area contributed by atoms with Gasteiger partial charge in [-0.05, 0) is 165 Å². The summed E-state index contributed by atoms with van der Waals surface area (Å²) >= 11 is 1.71. The maximum absolute atomic E-state index is 6.54. The Labute approximate surface area is 632 Å². The minimum absolute atomic E-state index is 0.511. The predicted molar refractivity (Wildman–Crippen MR) is 458 cm³/mol. The average Bonchev–Trinajstić information content (AvgIpc) is 1.56. The van der Waals surface area contributed by atoms with Crippen LogP contribution in [0.5, 0.6) is 0 Å². The first-order valence-corrected chi connectivity index (χ1v) is 38.0. The third-order valence-electron chi connectivity index (χ3n) is 22.2. The first-order chi connectivity index (χ1) is 54.5. The Kier molecular flexibility index (Phi) is 13.7. The highest BCUT2D eigenvalue weighted by molar-refractivity contribution is 7.25. The summed E-state index contributed by atoms with van der Waals surface area (Å²) in [5, 5.41) is 16.3. The monoisotopic (exact) mass is 1420 g/mol. The molecule has 0 N–H and O–H groups in total. The molecule has 8 heterocycles. The maximum atomic E-state index is 6.54. The highest BCUT2D eigenvalue weighted by Gasteiger charge is 2.27. The van der Waals surface area contributed by atoms with Crippen molar-refractivity contribution >= 4 is 163 Å². The zero-order valence-electron chi connectivity index (χ0n) is 59.0. The lowest BCUT2D eigenvalue weighted by Crippen LogP contribution is -2.03. The average molecular weight is 1420 g/mol. The fraction of sp³-hybridized carbons (Fsp3) is 0. The van der Waals surface area contributed by atoms with Crippen molar-refractivity contribution in [2.45, 2.75) is 0 Å². The van der Waals surface area contributed by atoms with Gasteiger partial charge in [-0.25, -0.2) is 19.9 Å². The van der Waals surface area contributed by atoms with Gasteiger partial charge in [-0.2, -0.15) is 0 Å². The van der Waals surface area contributed by atoms with Gasteiger partial charge in [0.1, 0.15) is 32.8 Å². The molecule has 0 radical (unpaired) electrons. The minimum Gasteiger partial charge on any atom is -0.436 e. The van der Waals surface area contributed by atoms with Gasteiger partial charge in [-0.1, -0.05) is 243 Å². The Bertz CT molecular complexity index is 7440. The van der Waals surface area contributed by atoms with Crippen molar-refractivity contribution in [3.63, 3.8) is 0 Å².